The number of nitrogens with zero attached hydrogens (tertiary/aromatic N) is 1. The number of methoxy groups -OCH3 is 1. The van der Waals surface area contributed by atoms with Crippen LogP contribution in [0, 0.1) is 0 Å². The number of fused-ring (bicyclic) bond motifs is 2. The van der Waals surface area contributed by atoms with Gasteiger partial charge in [0.2, 0.25) is 0 Å². The van der Waals surface area contributed by atoms with Gasteiger partial charge in [-0.05, 0) is 38.4 Å². The highest BCUT2D eigenvalue weighted by Crippen LogP contribution is 2.33. The van der Waals surface area contributed by atoms with Crippen molar-refractivity contribution in [1.82, 2.24) is 4.90 Å². The molecular formula is C18H25NO2. The molecule has 0 aliphatic carbocycles. The fourth-order valence-corrected chi connectivity index (χ4v) is 3.51. The van der Waals surface area contributed by atoms with Crippen molar-refractivity contribution >= 4 is 0 Å². The molecule has 2 atom stereocenters. The average molecular weight is 287 g/mol. The Morgan fingerprint density at radius 1 is 1.24 bits per heavy atom. The van der Waals surface area contributed by atoms with Crippen molar-refractivity contribution in [2.45, 2.75) is 44.2 Å². The molecule has 0 spiro atoms. The number of hydrogen-bond acceptors (Lipinski definition) is 3. The summed E-state index contributed by atoms with van der Waals surface area (Å²) in [5.74, 6) is 1.74. The van der Waals surface area contributed by atoms with Gasteiger partial charge in [-0.2, -0.15) is 0 Å². The Morgan fingerprint density at radius 2 is 2.10 bits per heavy atom. The maximum atomic E-state index is 5.87. The lowest BCUT2D eigenvalue weighted by molar-refractivity contribution is 0.127. The quantitative estimate of drug-likeness (QED) is 0.772. The maximum absolute atomic E-state index is 5.87. The van der Waals surface area contributed by atoms with Crippen molar-refractivity contribution < 1.29 is 9.47 Å². The minimum Gasteiger partial charge on any atom is -0.497 e. The highest BCUT2D eigenvalue weighted by Gasteiger charge is 2.30. The van der Waals surface area contributed by atoms with Gasteiger partial charge in [0.1, 0.15) is 11.5 Å². The summed E-state index contributed by atoms with van der Waals surface area (Å²) < 4.78 is 11.1. The van der Waals surface area contributed by atoms with Gasteiger partial charge in [-0.25, -0.2) is 0 Å². The second kappa shape index (κ2) is 6.52. The van der Waals surface area contributed by atoms with E-state index in [-0.39, 0.29) is 0 Å². The molecule has 3 heteroatoms. The zero-order valence-electron chi connectivity index (χ0n) is 13.0. The lowest BCUT2D eigenvalue weighted by Crippen LogP contribution is -2.45. The Kier molecular flexibility index (Phi) is 4.49. The molecule has 2 aliphatic heterocycles. The van der Waals surface area contributed by atoms with Gasteiger partial charge in [0, 0.05) is 24.6 Å². The lowest BCUT2D eigenvalue weighted by Gasteiger charge is -2.42. The Labute approximate surface area is 127 Å². The van der Waals surface area contributed by atoms with Gasteiger partial charge >= 0.3 is 0 Å². The van der Waals surface area contributed by atoms with Gasteiger partial charge in [0.05, 0.1) is 13.7 Å². The fourth-order valence-electron chi connectivity index (χ4n) is 3.51. The monoisotopic (exact) mass is 287 g/mol. The number of hydrogen-bond donors (Lipinski definition) is 0. The van der Waals surface area contributed by atoms with Crippen LogP contribution in [0.4, 0.5) is 0 Å². The second-order valence-electron chi connectivity index (χ2n) is 6.12. The van der Waals surface area contributed by atoms with E-state index in [1.54, 1.807) is 12.7 Å². The number of rotatable bonds is 5. The van der Waals surface area contributed by atoms with Crippen molar-refractivity contribution in [1.29, 1.82) is 0 Å². The predicted molar refractivity (Wildman–Crippen MR) is 85.0 cm³/mol. The summed E-state index contributed by atoms with van der Waals surface area (Å²) in [6, 6.07) is 9.24. The van der Waals surface area contributed by atoms with Gasteiger partial charge < -0.3 is 9.47 Å². The van der Waals surface area contributed by atoms with E-state index in [1.807, 2.05) is 24.3 Å². The molecule has 0 radical (unpaired) electrons. The van der Waals surface area contributed by atoms with Crippen LogP contribution in [0.2, 0.25) is 0 Å². The normalized spacial score (nSPS) is 25.3. The fraction of sp³-hybridized carbons (Fsp3) is 0.556. The SMILES string of the molecule is COc1cccc(OCCC2=CC3CCCC(C2)N3C)c1. The highest BCUT2D eigenvalue weighted by atomic mass is 16.5. The van der Waals surface area contributed by atoms with Crippen molar-refractivity contribution in [3.63, 3.8) is 0 Å². The molecule has 1 fully saturated rings. The summed E-state index contributed by atoms with van der Waals surface area (Å²) in [6.45, 7) is 0.752. The van der Waals surface area contributed by atoms with Gasteiger partial charge in [-0.15, -0.1) is 0 Å². The van der Waals surface area contributed by atoms with Crippen molar-refractivity contribution in [2.24, 2.45) is 0 Å². The molecule has 0 amide bonds. The molecule has 3 nitrogen and oxygen atoms in total. The van der Waals surface area contributed by atoms with E-state index in [2.05, 4.69) is 18.0 Å². The Morgan fingerprint density at radius 3 is 2.90 bits per heavy atom. The van der Waals surface area contributed by atoms with Crippen molar-refractivity contribution in [2.75, 3.05) is 20.8 Å². The third kappa shape index (κ3) is 3.41. The minimum atomic E-state index is 0.657. The molecular weight excluding hydrogens is 262 g/mol. The van der Waals surface area contributed by atoms with E-state index < -0.39 is 0 Å². The number of ether oxygens (including phenoxy) is 2. The molecule has 3 rings (SSSR count). The topological polar surface area (TPSA) is 21.7 Å². The minimum absolute atomic E-state index is 0.657. The largest absolute Gasteiger partial charge is 0.497 e. The predicted octanol–water partition coefficient (Wildman–Crippen LogP) is 3.65. The van der Waals surface area contributed by atoms with E-state index in [4.69, 9.17) is 9.47 Å². The standard InChI is InChI=1S/C18H25NO2/c1-19-15-5-3-6-16(19)12-14(11-15)9-10-21-18-8-4-7-17(13-18)20-2/h4,7-8,11,13,15-16H,3,5-6,9-10,12H2,1-2H3. The molecule has 0 aromatic heterocycles. The van der Waals surface area contributed by atoms with Crippen LogP contribution >= 0.6 is 0 Å². The van der Waals surface area contributed by atoms with E-state index in [9.17, 15) is 0 Å². The van der Waals surface area contributed by atoms with Crippen LogP contribution in [0.3, 0.4) is 0 Å². The summed E-state index contributed by atoms with van der Waals surface area (Å²) in [7, 11) is 3.95. The summed E-state index contributed by atoms with van der Waals surface area (Å²) in [4.78, 5) is 2.55. The van der Waals surface area contributed by atoms with Crippen LogP contribution in [0.5, 0.6) is 11.5 Å². The Balaban J connectivity index is 1.53. The van der Waals surface area contributed by atoms with Crippen LogP contribution in [0.25, 0.3) is 0 Å². The Bertz CT molecular complexity index is 512. The lowest BCUT2D eigenvalue weighted by atomic mass is 9.85. The van der Waals surface area contributed by atoms with E-state index >= 15 is 0 Å². The molecule has 2 bridgehead atoms. The number of benzene rings is 1. The van der Waals surface area contributed by atoms with Gasteiger partial charge in [0.15, 0.2) is 0 Å². The van der Waals surface area contributed by atoms with Crippen molar-refractivity contribution in [3.05, 3.63) is 35.9 Å². The zero-order chi connectivity index (χ0) is 14.7. The number of likely N-dealkylation sites (N-methyl/N-ethyl adjacent to an activating group) is 1. The van der Waals surface area contributed by atoms with Gasteiger partial charge in [-0.3, -0.25) is 4.90 Å². The molecule has 2 unspecified atom stereocenters. The third-order valence-corrected chi connectivity index (χ3v) is 4.80. The molecule has 114 valence electrons. The van der Waals surface area contributed by atoms with Gasteiger partial charge in [-0.1, -0.05) is 24.1 Å². The van der Waals surface area contributed by atoms with Crippen LogP contribution in [0.1, 0.15) is 32.1 Å². The van der Waals surface area contributed by atoms with Crippen molar-refractivity contribution in [3.8, 4) is 11.5 Å². The van der Waals surface area contributed by atoms with E-state index in [0.717, 1.165) is 30.6 Å². The van der Waals surface area contributed by atoms with E-state index in [0.29, 0.717) is 6.04 Å². The van der Waals surface area contributed by atoms with Crippen LogP contribution < -0.4 is 9.47 Å². The van der Waals surface area contributed by atoms with Crippen LogP contribution in [-0.4, -0.2) is 37.7 Å². The molecule has 1 aromatic rings. The molecule has 0 N–H and O–H groups in total. The zero-order valence-corrected chi connectivity index (χ0v) is 13.0. The number of piperidine rings is 1. The smallest absolute Gasteiger partial charge is 0.122 e. The third-order valence-electron chi connectivity index (χ3n) is 4.80. The highest BCUT2D eigenvalue weighted by molar-refractivity contribution is 5.32. The van der Waals surface area contributed by atoms with E-state index in [1.165, 1.54) is 25.7 Å². The first-order valence-corrected chi connectivity index (χ1v) is 7.94. The molecule has 1 aromatic carbocycles. The Hall–Kier alpha value is -1.48. The first-order valence-electron chi connectivity index (χ1n) is 7.94. The van der Waals surface area contributed by atoms with Crippen LogP contribution in [0.15, 0.2) is 35.9 Å². The molecule has 2 heterocycles. The first kappa shape index (κ1) is 14.5. The summed E-state index contributed by atoms with van der Waals surface area (Å²) in [5, 5.41) is 0. The second-order valence-corrected chi connectivity index (χ2v) is 6.12. The molecule has 2 aliphatic rings. The summed E-state index contributed by atoms with van der Waals surface area (Å²) in [5.41, 5.74) is 1.57. The average Bonchev–Trinajstić information content (AvgIpc) is 2.48. The molecule has 1 saturated heterocycles. The van der Waals surface area contributed by atoms with Crippen LogP contribution in [-0.2, 0) is 0 Å². The molecule has 0 saturated carbocycles. The summed E-state index contributed by atoms with van der Waals surface area (Å²) in [6.07, 6.45) is 8.77. The molecule has 21 heavy (non-hydrogen) atoms. The first-order chi connectivity index (χ1) is 10.3. The summed E-state index contributed by atoms with van der Waals surface area (Å²) >= 11 is 0. The maximum Gasteiger partial charge on any atom is 0.122 e. The van der Waals surface area contributed by atoms with Gasteiger partial charge in [0.25, 0.3) is 0 Å².